The summed E-state index contributed by atoms with van der Waals surface area (Å²) in [5, 5.41) is 25.3. The van der Waals surface area contributed by atoms with Gasteiger partial charge in [0.05, 0.1) is 36.6 Å². The summed E-state index contributed by atoms with van der Waals surface area (Å²) in [4.78, 5) is 27.7. The smallest absolute Gasteiger partial charge is 0.272 e. The van der Waals surface area contributed by atoms with Gasteiger partial charge in [-0.1, -0.05) is 11.3 Å². The van der Waals surface area contributed by atoms with Crippen molar-refractivity contribution in [2.24, 2.45) is 5.92 Å². The second-order valence-corrected chi connectivity index (χ2v) is 14.0. The Labute approximate surface area is 258 Å². The Hall–Kier alpha value is -3.96. The highest BCUT2D eigenvalue weighted by Gasteiger charge is 2.30. The van der Waals surface area contributed by atoms with Gasteiger partial charge in [0, 0.05) is 44.7 Å². The van der Waals surface area contributed by atoms with Crippen molar-refractivity contribution >= 4 is 62.6 Å². The molecule has 0 bridgehead atoms. The summed E-state index contributed by atoms with van der Waals surface area (Å²) in [6.45, 7) is 2.57. The first-order valence-electron chi connectivity index (χ1n) is 14.3. The maximum Gasteiger partial charge on any atom is 0.272 e. The third kappa shape index (κ3) is 7.76. The molecule has 2 amide bonds. The highest BCUT2D eigenvalue weighted by atomic mass is 32.2. The first-order chi connectivity index (χ1) is 20.8. The number of nitrogens with one attached hydrogen (secondary N) is 3. The van der Waals surface area contributed by atoms with E-state index in [9.17, 15) is 18.0 Å². The molecule has 2 aliphatic rings. The van der Waals surface area contributed by atoms with Gasteiger partial charge in [-0.2, -0.15) is 4.31 Å². The Morgan fingerprint density at radius 2 is 1.80 bits per heavy atom. The van der Waals surface area contributed by atoms with E-state index >= 15 is 0 Å². The van der Waals surface area contributed by atoms with Crippen molar-refractivity contribution in [3.63, 3.8) is 0 Å². The fourth-order valence-corrected chi connectivity index (χ4v) is 5.62. The lowest BCUT2D eigenvalue weighted by Crippen LogP contribution is -2.50. The number of nitrogens with zero attached hydrogens (tertiary/aromatic N) is 7. The Bertz CT molecular complexity index is 1650. The molecule has 19 heteroatoms. The van der Waals surface area contributed by atoms with Crippen LogP contribution in [0.25, 0.3) is 5.69 Å². The number of methoxy groups -OCH3 is 1. The molecule has 5 rings (SSSR count). The van der Waals surface area contributed by atoms with Gasteiger partial charge in [-0.25, -0.2) is 13.1 Å². The number of benzene rings is 1. The van der Waals surface area contributed by atoms with Crippen molar-refractivity contribution in [2.75, 3.05) is 50.2 Å². The minimum absolute atomic E-state index is 0.0292. The summed E-state index contributed by atoms with van der Waals surface area (Å²) in [5.74, 6) is 0.0777. The van der Waals surface area contributed by atoms with E-state index in [2.05, 4.69) is 41.4 Å². The molecule has 3 heterocycles. The predicted octanol–water partition coefficient (Wildman–Crippen LogP) is -2.52. The van der Waals surface area contributed by atoms with E-state index in [4.69, 9.17) is 4.74 Å². The second kappa shape index (κ2) is 12.6. The van der Waals surface area contributed by atoms with Crippen LogP contribution in [0.1, 0.15) is 29.0 Å². The molecule has 1 aromatic carbocycles. The van der Waals surface area contributed by atoms with Gasteiger partial charge < -0.3 is 20.7 Å². The number of sulfonamides is 1. The Morgan fingerprint density at radius 1 is 1.07 bits per heavy atom. The SMILES string of the molecule is BC(B)(B)NC(=O)c1nnc(NC(=O)C2CC2)cc1Nc1cccc(-n2cc(CN3CCN(S(C)(=O)=O)CC3)nn2)c1OC. The van der Waals surface area contributed by atoms with E-state index in [0.717, 1.165) is 12.8 Å². The summed E-state index contributed by atoms with van der Waals surface area (Å²) in [6, 6.07) is 7.00. The van der Waals surface area contributed by atoms with Crippen LogP contribution in [0.3, 0.4) is 0 Å². The van der Waals surface area contributed by atoms with E-state index in [1.54, 1.807) is 23.0 Å². The Balaban J connectivity index is 1.38. The van der Waals surface area contributed by atoms with Crippen LogP contribution in [-0.2, 0) is 21.4 Å². The van der Waals surface area contributed by atoms with Crippen molar-refractivity contribution in [2.45, 2.75) is 24.6 Å². The summed E-state index contributed by atoms with van der Waals surface area (Å²) in [7, 11) is 3.92. The molecule has 2 aromatic heterocycles. The third-order valence-electron chi connectivity index (χ3n) is 7.14. The van der Waals surface area contributed by atoms with E-state index < -0.39 is 21.2 Å². The van der Waals surface area contributed by atoms with Crippen LogP contribution >= 0.6 is 0 Å². The number of carbonyl (C=O) groups is 2. The first-order valence-corrected chi connectivity index (χ1v) is 16.2. The van der Waals surface area contributed by atoms with E-state index in [1.807, 2.05) is 35.7 Å². The molecule has 2 fully saturated rings. The van der Waals surface area contributed by atoms with E-state index in [1.165, 1.54) is 17.7 Å². The molecule has 1 saturated heterocycles. The lowest BCUT2D eigenvalue weighted by atomic mass is 9.49. The Morgan fingerprint density at radius 3 is 2.43 bits per heavy atom. The molecular formula is C25H35B3N10O5S. The van der Waals surface area contributed by atoms with Crippen molar-refractivity contribution in [1.29, 1.82) is 0 Å². The van der Waals surface area contributed by atoms with Gasteiger partial charge >= 0.3 is 0 Å². The van der Waals surface area contributed by atoms with Gasteiger partial charge in [-0.05, 0) is 30.2 Å². The summed E-state index contributed by atoms with van der Waals surface area (Å²) >= 11 is 0. The predicted molar refractivity (Wildman–Crippen MR) is 172 cm³/mol. The van der Waals surface area contributed by atoms with E-state index in [-0.39, 0.29) is 23.3 Å². The maximum atomic E-state index is 13.2. The molecule has 1 aliphatic carbocycles. The average Bonchev–Trinajstić information content (AvgIpc) is 3.71. The molecule has 0 unspecified atom stereocenters. The van der Waals surface area contributed by atoms with Gasteiger partial charge in [0.2, 0.25) is 15.9 Å². The lowest BCUT2D eigenvalue weighted by Gasteiger charge is -2.32. The highest BCUT2D eigenvalue weighted by Crippen LogP contribution is 2.35. The fourth-order valence-electron chi connectivity index (χ4n) is 4.79. The highest BCUT2D eigenvalue weighted by molar-refractivity contribution is 7.88. The van der Waals surface area contributed by atoms with Crippen LogP contribution < -0.4 is 20.7 Å². The molecular weight excluding hydrogens is 585 g/mol. The van der Waals surface area contributed by atoms with Crippen LogP contribution in [0, 0.1) is 5.92 Å². The van der Waals surface area contributed by atoms with Gasteiger partial charge in [-0.3, -0.25) is 14.5 Å². The van der Waals surface area contributed by atoms with Gasteiger partial charge in [-0.15, -0.1) is 15.3 Å². The Kier molecular flexibility index (Phi) is 8.99. The fraction of sp³-hybridized carbons (Fsp3) is 0.440. The first kappa shape index (κ1) is 31.5. The number of amides is 2. The van der Waals surface area contributed by atoms with Gasteiger partial charge in [0.15, 0.2) is 17.3 Å². The number of ether oxygens (including phenoxy) is 1. The second-order valence-electron chi connectivity index (χ2n) is 12.0. The molecule has 0 spiro atoms. The van der Waals surface area contributed by atoms with Crippen molar-refractivity contribution in [1.82, 2.24) is 39.7 Å². The molecule has 1 aliphatic heterocycles. The summed E-state index contributed by atoms with van der Waals surface area (Å²) in [5.41, 5.74) is 2.22. The van der Waals surface area contributed by atoms with Crippen LogP contribution in [0.15, 0.2) is 30.5 Å². The number of hydrogen-bond acceptors (Lipinski definition) is 11. The number of carbonyl (C=O) groups excluding carboxylic acids is 2. The lowest BCUT2D eigenvalue weighted by molar-refractivity contribution is -0.117. The number of anilines is 3. The molecule has 3 N–H and O–H groups in total. The van der Waals surface area contributed by atoms with Gasteiger partial charge in [0.1, 0.15) is 29.2 Å². The summed E-state index contributed by atoms with van der Waals surface area (Å²) in [6.07, 6.45) is 4.70. The molecule has 0 radical (unpaired) electrons. The van der Waals surface area contributed by atoms with Crippen molar-refractivity contribution < 1.29 is 22.7 Å². The molecule has 230 valence electrons. The third-order valence-corrected chi connectivity index (χ3v) is 8.44. The molecule has 1 saturated carbocycles. The minimum Gasteiger partial charge on any atom is -0.492 e. The number of aromatic nitrogens is 5. The van der Waals surface area contributed by atoms with Gasteiger partial charge in [0.25, 0.3) is 5.91 Å². The molecule has 0 atom stereocenters. The van der Waals surface area contributed by atoms with Crippen LogP contribution in [-0.4, -0.2) is 123 Å². The number of piperazine rings is 1. The molecule has 3 aromatic rings. The maximum absolute atomic E-state index is 13.2. The minimum atomic E-state index is -3.21. The topological polar surface area (TPSA) is 177 Å². The standard InChI is InChI=1S/C25H35B3N10O5S/c1-43-22-17(29-18-12-20(30-23(39)15-6-7-15)33-34-21(18)24(40)31-25(26,27)28)4-3-5-19(22)38-14-16(32-35-38)13-36-8-10-37(11-9-36)44(2,41)42/h3-5,12,14-15H,6-11,13,26-28H2,1-2H3,(H,31,40)(H2,29,30,33,39). The largest absolute Gasteiger partial charge is 0.492 e. The van der Waals surface area contributed by atoms with Crippen LogP contribution in [0.5, 0.6) is 5.75 Å². The van der Waals surface area contributed by atoms with E-state index in [0.29, 0.717) is 61.2 Å². The zero-order valence-electron chi connectivity index (χ0n) is 25.5. The zero-order valence-corrected chi connectivity index (χ0v) is 26.3. The number of hydrogen-bond donors (Lipinski definition) is 3. The molecule has 44 heavy (non-hydrogen) atoms. The van der Waals surface area contributed by atoms with Crippen molar-refractivity contribution in [3.8, 4) is 11.4 Å². The number of rotatable bonds is 11. The quantitative estimate of drug-likeness (QED) is 0.193. The number of para-hydroxylation sites is 1. The average molecular weight is 620 g/mol. The monoisotopic (exact) mass is 620 g/mol. The summed E-state index contributed by atoms with van der Waals surface area (Å²) < 4.78 is 32.5. The van der Waals surface area contributed by atoms with Crippen LogP contribution in [0.4, 0.5) is 17.2 Å². The normalized spacial score (nSPS) is 16.3. The molecule has 15 nitrogen and oxygen atoms in total. The van der Waals surface area contributed by atoms with Crippen molar-refractivity contribution in [3.05, 3.63) is 41.9 Å². The van der Waals surface area contributed by atoms with Crippen LogP contribution in [0.2, 0.25) is 0 Å². The zero-order chi connectivity index (χ0) is 31.6.